The van der Waals surface area contributed by atoms with Crippen LogP contribution in [0.1, 0.15) is 42.8 Å². The van der Waals surface area contributed by atoms with Crippen LogP contribution in [0.4, 0.5) is 5.69 Å². The number of anilines is 1. The summed E-state index contributed by atoms with van der Waals surface area (Å²) in [5, 5.41) is 9.66. The molecule has 2 aliphatic rings. The molecule has 3 aromatic rings. The molecule has 1 aliphatic carbocycles. The van der Waals surface area contributed by atoms with Crippen LogP contribution in [0.5, 0.6) is 0 Å². The molecule has 1 saturated carbocycles. The summed E-state index contributed by atoms with van der Waals surface area (Å²) in [6.07, 6.45) is 8.76. The Kier molecular flexibility index (Phi) is 3.86. The molecule has 7 heteroatoms. The van der Waals surface area contributed by atoms with E-state index in [2.05, 4.69) is 25.9 Å². The van der Waals surface area contributed by atoms with E-state index < -0.39 is 0 Å². The third-order valence-electron chi connectivity index (χ3n) is 6.06. The summed E-state index contributed by atoms with van der Waals surface area (Å²) in [4.78, 5) is 30.8. The van der Waals surface area contributed by atoms with Gasteiger partial charge in [0.15, 0.2) is 0 Å². The lowest BCUT2D eigenvalue weighted by Crippen LogP contribution is -2.36. The van der Waals surface area contributed by atoms with Crippen molar-refractivity contribution >= 4 is 16.7 Å². The van der Waals surface area contributed by atoms with Crippen LogP contribution in [-0.2, 0) is 6.42 Å². The Balaban J connectivity index is 1.60. The molecule has 1 saturated heterocycles. The smallest absolute Gasteiger partial charge is 0.268 e. The van der Waals surface area contributed by atoms with Gasteiger partial charge in [-0.1, -0.05) is 0 Å². The second-order valence-electron chi connectivity index (χ2n) is 7.82. The zero-order valence-corrected chi connectivity index (χ0v) is 15.5. The molecular weight excluding hydrogens is 352 g/mol. The van der Waals surface area contributed by atoms with Crippen LogP contribution in [0.25, 0.3) is 11.0 Å². The first-order valence-corrected chi connectivity index (χ1v) is 9.64. The van der Waals surface area contributed by atoms with Crippen molar-refractivity contribution in [3.8, 4) is 6.07 Å². The zero-order valence-electron chi connectivity index (χ0n) is 15.5. The van der Waals surface area contributed by atoms with Crippen molar-refractivity contribution in [2.75, 3.05) is 18.0 Å². The maximum Gasteiger partial charge on any atom is 0.268 e. The molecule has 0 atom stereocenters. The number of aromatic amines is 1. The lowest BCUT2D eigenvalue weighted by molar-refractivity contribution is 0.384. The normalized spacial score (nSPS) is 17.6. The predicted molar refractivity (Wildman–Crippen MR) is 105 cm³/mol. The first-order valence-electron chi connectivity index (χ1n) is 9.64. The van der Waals surface area contributed by atoms with Gasteiger partial charge in [-0.05, 0) is 49.3 Å². The second kappa shape index (κ2) is 6.41. The van der Waals surface area contributed by atoms with E-state index in [-0.39, 0.29) is 11.1 Å². The first-order chi connectivity index (χ1) is 13.7. The number of fused-ring (bicyclic) bond motifs is 1. The minimum atomic E-state index is -0.349. The average molecular weight is 372 g/mol. The molecule has 0 radical (unpaired) electrons. The van der Waals surface area contributed by atoms with Crippen molar-refractivity contribution in [2.45, 2.75) is 32.1 Å². The van der Waals surface area contributed by atoms with Gasteiger partial charge in [0.05, 0.1) is 17.6 Å². The minimum Gasteiger partial charge on any atom is -0.368 e. The van der Waals surface area contributed by atoms with Crippen molar-refractivity contribution < 1.29 is 0 Å². The molecule has 3 aromatic heterocycles. The lowest BCUT2D eigenvalue weighted by atomic mass is 9.93. The van der Waals surface area contributed by atoms with Gasteiger partial charge >= 0.3 is 0 Å². The van der Waals surface area contributed by atoms with Crippen LogP contribution in [0.3, 0.4) is 0 Å². The molecule has 2 fully saturated rings. The van der Waals surface area contributed by atoms with Crippen LogP contribution < -0.4 is 10.5 Å². The van der Waals surface area contributed by atoms with Crippen molar-refractivity contribution in [2.24, 2.45) is 5.41 Å². The fourth-order valence-electron chi connectivity index (χ4n) is 4.17. The third kappa shape index (κ3) is 2.91. The SMILES string of the molecule is N#Cc1c(N2CCC3(CC2)CC3)c2nc(Cc3ncccn3)ccc2[nH]c1=O. The highest BCUT2D eigenvalue weighted by Gasteiger charge is 2.44. The molecule has 5 rings (SSSR count). The molecule has 28 heavy (non-hydrogen) atoms. The van der Waals surface area contributed by atoms with Crippen LogP contribution in [0.2, 0.25) is 0 Å². The molecule has 0 bridgehead atoms. The van der Waals surface area contributed by atoms with Crippen LogP contribution in [0, 0.1) is 16.7 Å². The van der Waals surface area contributed by atoms with E-state index in [0.717, 1.165) is 31.6 Å². The van der Waals surface area contributed by atoms with E-state index >= 15 is 0 Å². The van der Waals surface area contributed by atoms with Gasteiger partial charge in [0.2, 0.25) is 0 Å². The number of nitrogens with one attached hydrogen (secondary N) is 1. The number of H-pyrrole nitrogens is 1. The third-order valence-corrected chi connectivity index (χ3v) is 6.06. The average Bonchev–Trinajstić information content (AvgIpc) is 3.48. The molecule has 1 spiro atoms. The van der Waals surface area contributed by atoms with E-state index in [9.17, 15) is 10.1 Å². The van der Waals surface area contributed by atoms with Crippen LogP contribution >= 0.6 is 0 Å². The van der Waals surface area contributed by atoms with Crippen molar-refractivity contribution in [3.63, 3.8) is 0 Å². The topological polar surface area (TPSA) is 98.6 Å². The van der Waals surface area contributed by atoms with Gasteiger partial charge in [-0.2, -0.15) is 5.26 Å². The van der Waals surface area contributed by atoms with Crippen molar-refractivity contribution in [3.05, 3.63) is 58.0 Å². The summed E-state index contributed by atoms with van der Waals surface area (Å²) in [5.74, 6) is 0.689. The molecule has 4 heterocycles. The largest absolute Gasteiger partial charge is 0.368 e. The summed E-state index contributed by atoms with van der Waals surface area (Å²) < 4.78 is 0. The fraction of sp³-hybridized carbons (Fsp3) is 0.381. The van der Waals surface area contributed by atoms with Crippen LogP contribution in [0.15, 0.2) is 35.4 Å². The summed E-state index contributed by atoms with van der Waals surface area (Å²) in [5.41, 5.74) is 3.14. The van der Waals surface area contributed by atoms with Crippen molar-refractivity contribution in [1.29, 1.82) is 5.26 Å². The monoisotopic (exact) mass is 372 g/mol. The van der Waals surface area contributed by atoms with Crippen LogP contribution in [-0.4, -0.2) is 33.0 Å². The number of hydrogen-bond acceptors (Lipinski definition) is 6. The Bertz CT molecular complexity index is 1130. The fourth-order valence-corrected chi connectivity index (χ4v) is 4.17. The molecule has 1 N–H and O–H groups in total. The van der Waals surface area contributed by atoms with E-state index in [0.29, 0.717) is 34.4 Å². The van der Waals surface area contributed by atoms with Gasteiger partial charge in [0.1, 0.15) is 23.0 Å². The van der Waals surface area contributed by atoms with Gasteiger partial charge in [0, 0.05) is 31.2 Å². The molecule has 0 unspecified atom stereocenters. The maximum atomic E-state index is 12.5. The summed E-state index contributed by atoms with van der Waals surface area (Å²) >= 11 is 0. The summed E-state index contributed by atoms with van der Waals surface area (Å²) in [6.45, 7) is 1.72. The number of pyridine rings is 2. The number of nitriles is 1. The Morgan fingerprint density at radius 1 is 1.14 bits per heavy atom. The highest BCUT2D eigenvalue weighted by atomic mass is 16.1. The molecule has 0 aromatic carbocycles. The van der Waals surface area contributed by atoms with Gasteiger partial charge in [0.25, 0.3) is 5.56 Å². The predicted octanol–water partition coefficient (Wildman–Crippen LogP) is 2.56. The molecule has 0 amide bonds. The number of hydrogen-bond donors (Lipinski definition) is 1. The van der Waals surface area contributed by atoms with Gasteiger partial charge in [-0.25, -0.2) is 15.0 Å². The lowest BCUT2D eigenvalue weighted by Gasteiger charge is -2.34. The van der Waals surface area contributed by atoms with Gasteiger partial charge in [-0.3, -0.25) is 4.79 Å². The number of piperidine rings is 1. The quantitative estimate of drug-likeness (QED) is 0.759. The van der Waals surface area contributed by atoms with E-state index in [1.54, 1.807) is 18.5 Å². The summed E-state index contributed by atoms with van der Waals surface area (Å²) in [6, 6.07) is 7.62. The zero-order chi connectivity index (χ0) is 19.1. The summed E-state index contributed by atoms with van der Waals surface area (Å²) in [7, 11) is 0. The highest BCUT2D eigenvalue weighted by Crippen LogP contribution is 2.54. The Morgan fingerprint density at radius 2 is 1.89 bits per heavy atom. The Morgan fingerprint density at radius 3 is 2.57 bits per heavy atom. The van der Waals surface area contributed by atoms with Gasteiger partial charge in [-0.15, -0.1) is 0 Å². The standard InChI is InChI=1S/C21H20N6O/c22-13-15-19(27-10-6-21(4-5-21)7-11-27)18-16(26-20(15)28)3-2-14(25-18)12-17-23-8-1-9-24-17/h1-3,8-9H,4-7,10-12H2,(H,26,28). The van der Waals surface area contributed by atoms with E-state index in [4.69, 9.17) is 4.98 Å². The van der Waals surface area contributed by atoms with Gasteiger partial charge < -0.3 is 9.88 Å². The highest BCUT2D eigenvalue weighted by molar-refractivity contribution is 5.91. The first kappa shape index (κ1) is 16.9. The maximum absolute atomic E-state index is 12.5. The molecule has 7 nitrogen and oxygen atoms in total. The van der Waals surface area contributed by atoms with E-state index in [1.807, 2.05) is 12.1 Å². The van der Waals surface area contributed by atoms with E-state index in [1.165, 1.54) is 12.8 Å². The Labute approximate surface area is 162 Å². The molecular formula is C21H20N6O. The number of aromatic nitrogens is 4. The second-order valence-corrected chi connectivity index (χ2v) is 7.82. The molecule has 140 valence electrons. The molecule has 1 aliphatic heterocycles. The minimum absolute atomic E-state index is 0.153. The Hall–Kier alpha value is -3.27. The van der Waals surface area contributed by atoms with Crippen molar-refractivity contribution in [1.82, 2.24) is 19.9 Å². The number of nitrogens with zero attached hydrogens (tertiary/aromatic N) is 5. The number of rotatable bonds is 3.